The third-order valence-corrected chi connectivity index (χ3v) is 2.24. The highest BCUT2D eigenvalue weighted by atomic mass is 35.5. The molecule has 0 spiro atoms. The van der Waals surface area contributed by atoms with Gasteiger partial charge in [0, 0.05) is 19.3 Å². The summed E-state index contributed by atoms with van der Waals surface area (Å²) in [5.74, 6) is 0. The van der Waals surface area contributed by atoms with E-state index in [4.69, 9.17) is 5.11 Å². The van der Waals surface area contributed by atoms with Crippen molar-refractivity contribution in [2.45, 2.75) is 19.6 Å². The van der Waals surface area contributed by atoms with E-state index >= 15 is 0 Å². The normalized spacial score (nSPS) is 12.4. The van der Waals surface area contributed by atoms with Crippen molar-refractivity contribution in [3.05, 3.63) is 36.3 Å². The molecule has 2 aromatic rings. The van der Waals surface area contributed by atoms with E-state index in [1.54, 1.807) is 6.92 Å². The zero-order valence-corrected chi connectivity index (χ0v) is 9.94. The van der Waals surface area contributed by atoms with Gasteiger partial charge in [0.2, 0.25) is 0 Å². The molecule has 0 aromatic carbocycles. The average Bonchev–Trinajstić information content (AvgIpc) is 2.62. The highest BCUT2D eigenvalue weighted by Crippen LogP contribution is 2.05. The number of hydrogen-bond donors (Lipinski definition) is 2. The van der Waals surface area contributed by atoms with Crippen molar-refractivity contribution in [2.24, 2.45) is 0 Å². The maximum atomic E-state index is 9.11. The van der Waals surface area contributed by atoms with Crippen molar-refractivity contribution in [1.82, 2.24) is 14.7 Å². The molecule has 0 saturated carbocycles. The molecule has 2 aromatic heterocycles. The van der Waals surface area contributed by atoms with Crippen molar-refractivity contribution in [1.29, 1.82) is 0 Å². The zero-order chi connectivity index (χ0) is 10.7. The molecule has 1 atom stereocenters. The molecule has 0 radical (unpaired) electrons. The quantitative estimate of drug-likeness (QED) is 0.847. The van der Waals surface area contributed by atoms with E-state index in [2.05, 4.69) is 10.3 Å². The first-order valence-corrected chi connectivity index (χ1v) is 5.07. The first kappa shape index (κ1) is 13.0. The second kappa shape index (κ2) is 5.84. The Bertz CT molecular complexity index is 441. The zero-order valence-electron chi connectivity index (χ0n) is 9.13. The predicted octanol–water partition coefficient (Wildman–Crippen LogP) is 1.23. The molecular weight excluding hydrogens is 226 g/mol. The van der Waals surface area contributed by atoms with Gasteiger partial charge in [0.1, 0.15) is 5.65 Å². The monoisotopic (exact) mass is 241 g/mol. The molecule has 0 saturated heterocycles. The Balaban J connectivity index is 0.00000128. The molecule has 0 aliphatic rings. The molecule has 16 heavy (non-hydrogen) atoms. The number of rotatable bonds is 4. The summed E-state index contributed by atoms with van der Waals surface area (Å²) in [6.07, 6.45) is 3.52. The lowest BCUT2D eigenvalue weighted by Gasteiger charge is -2.06. The van der Waals surface area contributed by atoms with Gasteiger partial charge in [-0.1, -0.05) is 6.07 Å². The second-order valence-corrected chi connectivity index (χ2v) is 3.66. The van der Waals surface area contributed by atoms with Gasteiger partial charge < -0.3 is 14.8 Å². The molecule has 1 unspecified atom stereocenters. The SMILES string of the molecule is CC(O)CNCc1cnc2ccccn12.Cl. The maximum absolute atomic E-state index is 9.11. The third kappa shape index (κ3) is 2.95. The highest BCUT2D eigenvalue weighted by Gasteiger charge is 2.01. The molecule has 0 aliphatic heterocycles. The first-order chi connectivity index (χ1) is 7.27. The van der Waals surface area contributed by atoms with E-state index in [1.165, 1.54) is 0 Å². The topological polar surface area (TPSA) is 49.6 Å². The molecule has 5 heteroatoms. The molecule has 88 valence electrons. The second-order valence-electron chi connectivity index (χ2n) is 3.66. The Kier molecular flexibility index (Phi) is 4.73. The van der Waals surface area contributed by atoms with Crippen LogP contribution in [0.25, 0.3) is 5.65 Å². The van der Waals surface area contributed by atoms with Crippen LogP contribution < -0.4 is 5.32 Å². The van der Waals surface area contributed by atoms with Gasteiger partial charge in [-0.25, -0.2) is 4.98 Å². The molecule has 0 bridgehead atoms. The molecule has 2 heterocycles. The Morgan fingerprint density at radius 1 is 1.50 bits per heavy atom. The van der Waals surface area contributed by atoms with Crippen LogP contribution in [0, 0.1) is 0 Å². The van der Waals surface area contributed by atoms with Crippen LogP contribution in [0.1, 0.15) is 12.6 Å². The summed E-state index contributed by atoms with van der Waals surface area (Å²) in [5, 5.41) is 12.3. The standard InChI is InChI=1S/C11H15N3O.ClH/c1-9(15)6-12-7-10-8-13-11-4-2-3-5-14(10)11;/h2-5,8-9,12,15H,6-7H2,1H3;1H. The van der Waals surface area contributed by atoms with Crippen molar-refractivity contribution in [3.8, 4) is 0 Å². The average molecular weight is 242 g/mol. The molecule has 0 aliphatic carbocycles. The summed E-state index contributed by atoms with van der Waals surface area (Å²) >= 11 is 0. The number of hydrogen-bond acceptors (Lipinski definition) is 3. The summed E-state index contributed by atoms with van der Waals surface area (Å²) in [5.41, 5.74) is 2.05. The van der Waals surface area contributed by atoms with Crippen LogP contribution in [-0.2, 0) is 6.54 Å². The lowest BCUT2D eigenvalue weighted by Crippen LogP contribution is -2.24. The number of halogens is 1. The minimum absolute atomic E-state index is 0. The lowest BCUT2D eigenvalue weighted by atomic mass is 10.4. The number of pyridine rings is 1. The maximum Gasteiger partial charge on any atom is 0.136 e. The minimum Gasteiger partial charge on any atom is -0.392 e. The Hall–Kier alpha value is -1.10. The first-order valence-electron chi connectivity index (χ1n) is 5.07. The van der Waals surface area contributed by atoms with E-state index in [0.717, 1.165) is 17.9 Å². The molecule has 2 rings (SSSR count). The van der Waals surface area contributed by atoms with E-state index in [-0.39, 0.29) is 18.5 Å². The summed E-state index contributed by atoms with van der Waals surface area (Å²) < 4.78 is 2.04. The van der Waals surface area contributed by atoms with E-state index in [9.17, 15) is 0 Å². The number of nitrogens with one attached hydrogen (secondary N) is 1. The summed E-state index contributed by atoms with van der Waals surface area (Å²) in [6, 6.07) is 5.92. The number of aliphatic hydroxyl groups is 1. The van der Waals surface area contributed by atoms with Gasteiger partial charge >= 0.3 is 0 Å². The van der Waals surface area contributed by atoms with Gasteiger partial charge in [0.05, 0.1) is 18.0 Å². The fourth-order valence-electron chi connectivity index (χ4n) is 1.52. The third-order valence-electron chi connectivity index (χ3n) is 2.24. The van der Waals surface area contributed by atoms with Crippen LogP contribution in [0.4, 0.5) is 0 Å². The number of aromatic nitrogens is 2. The number of aliphatic hydroxyl groups excluding tert-OH is 1. The van der Waals surface area contributed by atoms with Gasteiger partial charge in [0.15, 0.2) is 0 Å². The Morgan fingerprint density at radius 3 is 3.06 bits per heavy atom. The fraction of sp³-hybridized carbons (Fsp3) is 0.364. The van der Waals surface area contributed by atoms with Crippen molar-refractivity contribution < 1.29 is 5.11 Å². The van der Waals surface area contributed by atoms with Crippen LogP contribution in [0.5, 0.6) is 0 Å². The fourth-order valence-corrected chi connectivity index (χ4v) is 1.52. The van der Waals surface area contributed by atoms with Crippen molar-refractivity contribution >= 4 is 18.1 Å². The van der Waals surface area contributed by atoms with Crippen LogP contribution in [0.2, 0.25) is 0 Å². The van der Waals surface area contributed by atoms with E-state index in [1.807, 2.05) is 35.0 Å². The largest absolute Gasteiger partial charge is 0.392 e. The van der Waals surface area contributed by atoms with Crippen molar-refractivity contribution in [3.63, 3.8) is 0 Å². The minimum atomic E-state index is -0.316. The lowest BCUT2D eigenvalue weighted by molar-refractivity contribution is 0.191. The molecule has 2 N–H and O–H groups in total. The van der Waals surface area contributed by atoms with Crippen LogP contribution in [-0.4, -0.2) is 27.1 Å². The van der Waals surface area contributed by atoms with Gasteiger partial charge in [-0.3, -0.25) is 0 Å². The van der Waals surface area contributed by atoms with Gasteiger partial charge in [-0.2, -0.15) is 0 Å². The molecule has 4 nitrogen and oxygen atoms in total. The smallest absolute Gasteiger partial charge is 0.136 e. The molecular formula is C11H16ClN3O. The number of imidazole rings is 1. The summed E-state index contributed by atoms with van der Waals surface area (Å²) in [4.78, 5) is 4.28. The summed E-state index contributed by atoms with van der Waals surface area (Å²) in [7, 11) is 0. The highest BCUT2D eigenvalue weighted by molar-refractivity contribution is 5.85. The van der Waals surface area contributed by atoms with Crippen LogP contribution >= 0.6 is 12.4 Å². The van der Waals surface area contributed by atoms with E-state index in [0.29, 0.717) is 6.54 Å². The number of fused-ring (bicyclic) bond motifs is 1. The van der Waals surface area contributed by atoms with Gasteiger partial charge in [-0.15, -0.1) is 12.4 Å². The van der Waals surface area contributed by atoms with Crippen LogP contribution in [0.15, 0.2) is 30.6 Å². The van der Waals surface area contributed by atoms with Gasteiger partial charge in [0.25, 0.3) is 0 Å². The van der Waals surface area contributed by atoms with Crippen LogP contribution in [0.3, 0.4) is 0 Å². The number of nitrogens with zero attached hydrogens (tertiary/aromatic N) is 2. The van der Waals surface area contributed by atoms with Crippen molar-refractivity contribution in [2.75, 3.05) is 6.54 Å². The Morgan fingerprint density at radius 2 is 2.31 bits per heavy atom. The molecule has 0 amide bonds. The predicted molar refractivity (Wildman–Crippen MR) is 65.8 cm³/mol. The summed E-state index contributed by atoms with van der Waals surface area (Å²) in [6.45, 7) is 3.08. The van der Waals surface area contributed by atoms with Gasteiger partial charge in [-0.05, 0) is 19.1 Å². The Labute approximate surface area is 101 Å². The molecule has 0 fully saturated rings. The van der Waals surface area contributed by atoms with E-state index < -0.39 is 0 Å².